The number of rotatable bonds is 4. The predicted molar refractivity (Wildman–Crippen MR) is 76.1 cm³/mol. The third-order valence-corrected chi connectivity index (χ3v) is 2.95. The number of nitrogens with one attached hydrogen (secondary N) is 1. The lowest BCUT2D eigenvalue weighted by atomic mass is 10.1. The summed E-state index contributed by atoms with van der Waals surface area (Å²) < 4.78 is -1.57. The van der Waals surface area contributed by atoms with Crippen LogP contribution in [-0.4, -0.2) is 34.9 Å². The van der Waals surface area contributed by atoms with Crippen molar-refractivity contribution in [3.63, 3.8) is 0 Å². The van der Waals surface area contributed by atoms with Crippen molar-refractivity contribution >= 4 is 40.7 Å². The minimum atomic E-state index is -1.57. The van der Waals surface area contributed by atoms with Gasteiger partial charge in [-0.1, -0.05) is 65.1 Å². The Kier molecular flexibility index (Phi) is 5.73. The normalized spacial score (nSPS) is 13.4. The van der Waals surface area contributed by atoms with Crippen molar-refractivity contribution in [2.75, 3.05) is 14.1 Å². The molecule has 0 saturated heterocycles. The largest absolute Gasteiger partial charge is 0.336 e. The second-order valence-electron chi connectivity index (χ2n) is 4.14. The van der Waals surface area contributed by atoms with Crippen molar-refractivity contribution in [3.05, 3.63) is 35.9 Å². The van der Waals surface area contributed by atoms with E-state index in [1.54, 1.807) is 19.0 Å². The highest BCUT2D eigenvalue weighted by Gasteiger charge is 2.35. The van der Waals surface area contributed by atoms with E-state index in [-0.39, 0.29) is 12.3 Å². The molecule has 18 heavy (non-hydrogen) atoms. The first-order valence-corrected chi connectivity index (χ1v) is 6.50. The van der Waals surface area contributed by atoms with E-state index in [4.69, 9.17) is 34.8 Å². The summed E-state index contributed by atoms with van der Waals surface area (Å²) in [6.45, 7) is 0. The summed E-state index contributed by atoms with van der Waals surface area (Å²) in [5.74, 6) is -0.189. The SMILES string of the molecule is CN(C)[C@@H](NC(=O)Cc1ccccc1)C(Cl)(Cl)Cl. The Labute approximate surface area is 122 Å². The molecule has 0 radical (unpaired) electrons. The predicted octanol–water partition coefficient (Wildman–Crippen LogP) is 2.60. The van der Waals surface area contributed by atoms with Crippen LogP contribution < -0.4 is 5.32 Å². The van der Waals surface area contributed by atoms with Crippen molar-refractivity contribution in [3.8, 4) is 0 Å². The molecule has 6 heteroatoms. The maximum absolute atomic E-state index is 11.9. The fraction of sp³-hybridized carbons (Fsp3) is 0.417. The fourth-order valence-electron chi connectivity index (χ4n) is 1.49. The maximum atomic E-state index is 11.9. The summed E-state index contributed by atoms with van der Waals surface area (Å²) in [5, 5.41) is 2.70. The molecule has 0 unspecified atom stereocenters. The highest BCUT2D eigenvalue weighted by Crippen LogP contribution is 2.31. The van der Waals surface area contributed by atoms with Gasteiger partial charge in [-0.15, -0.1) is 0 Å². The molecular weight excluding hydrogens is 295 g/mol. The van der Waals surface area contributed by atoms with Crippen LogP contribution in [0.5, 0.6) is 0 Å². The van der Waals surface area contributed by atoms with Crippen molar-refractivity contribution in [1.82, 2.24) is 10.2 Å². The van der Waals surface area contributed by atoms with Gasteiger partial charge in [-0.2, -0.15) is 0 Å². The molecule has 1 aromatic rings. The van der Waals surface area contributed by atoms with Gasteiger partial charge in [0.2, 0.25) is 9.70 Å². The van der Waals surface area contributed by atoms with Crippen molar-refractivity contribution in [2.24, 2.45) is 0 Å². The van der Waals surface area contributed by atoms with Crippen LogP contribution in [0, 0.1) is 0 Å². The minimum absolute atomic E-state index is 0.189. The number of nitrogens with zero attached hydrogens (tertiary/aromatic N) is 1. The lowest BCUT2D eigenvalue weighted by molar-refractivity contribution is -0.122. The van der Waals surface area contributed by atoms with E-state index in [0.29, 0.717) is 0 Å². The van der Waals surface area contributed by atoms with E-state index in [0.717, 1.165) is 5.56 Å². The minimum Gasteiger partial charge on any atom is -0.336 e. The molecular formula is C12H15Cl3N2O. The molecule has 0 aliphatic carbocycles. The van der Waals surface area contributed by atoms with Crippen LogP contribution in [0.1, 0.15) is 5.56 Å². The molecule has 1 atom stereocenters. The molecule has 1 aromatic carbocycles. The average Bonchev–Trinajstić information content (AvgIpc) is 2.25. The molecule has 100 valence electrons. The number of amides is 1. The number of alkyl halides is 3. The number of hydrogen-bond acceptors (Lipinski definition) is 2. The van der Waals surface area contributed by atoms with Gasteiger partial charge in [-0.3, -0.25) is 9.69 Å². The molecule has 0 saturated carbocycles. The van der Waals surface area contributed by atoms with Gasteiger partial charge in [0.25, 0.3) is 0 Å². The molecule has 1 rings (SSSR count). The zero-order chi connectivity index (χ0) is 13.8. The number of hydrogen-bond donors (Lipinski definition) is 1. The van der Waals surface area contributed by atoms with Gasteiger partial charge in [0.15, 0.2) is 0 Å². The van der Waals surface area contributed by atoms with E-state index in [1.165, 1.54) is 0 Å². The molecule has 1 amide bonds. The first kappa shape index (κ1) is 15.6. The smallest absolute Gasteiger partial charge is 0.225 e. The van der Waals surface area contributed by atoms with Crippen LogP contribution in [-0.2, 0) is 11.2 Å². The van der Waals surface area contributed by atoms with Crippen LogP contribution in [0.3, 0.4) is 0 Å². The summed E-state index contributed by atoms with van der Waals surface area (Å²) in [5.41, 5.74) is 0.914. The molecule has 0 spiro atoms. The Bertz CT molecular complexity index is 390. The first-order chi connectivity index (χ1) is 8.30. The zero-order valence-corrected chi connectivity index (χ0v) is 12.4. The Hall–Kier alpha value is -0.480. The van der Waals surface area contributed by atoms with Crippen molar-refractivity contribution in [2.45, 2.75) is 16.4 Å². The summed E-state index contributed by atoms with van der Waals surface area (Å²) in [4.78, 5) is 13.5. The van der Waals surface area contributed by atoms with Crippen molar-refractivity contribution in [1.29, 1.82) is 0 Å². The van der Waals surface area contributed by atoms with Crippen LogP contribution in [0.15, 0.2) is 30.3 Å². The van der Waals surface area contributed by atoms with E-state index < -0.39 is 9.96 Å². The van der Waals surface area contributed by atoms with Gasteiger partial charge < -0.3 is 5.32 Å². The van der Waals surface area contributed by atoms with Crippen LogP contribution in [0.2, 0.25) is 0 Å². The zero-order valence-electron chi connectivity index (χ0n) is 10.2. The maximum Gasteiger partial charge on any atom is 0.225 e. The van der Waals surface area contributed by atoms with E-state index in [2.05, 4.69) is 5.32 Å². The van der Waals surface area contributed by atoms with Gasteiger partial charge in [0, 0.05) is 0 Å². The summed E-state index contributed by atoms with van der Waals surface area (Å²) in [6, 6.07) is 9.40. The number of benzene rings is 1. The van der Waals surface area contributed by atoms with E-state index in [1.807, 2.05) is 30.3 Å². The van der Waals surface area contributed by atoms with E-state index >= 15 is 0 Å². The fourth-order valence-corrected chi connectivity index (χ4v) is 2.24. The Morgan fingerprint density at radius 2 is 1.83 bits per heavy atom. The monoisotopic (exact) mass is 308 g/mol. The Morgan fingerprint density at radius 3 is 2.28 bits per heavy atom. The lowest BCUT2D eigenvalue weighted by Gasteiger charge is -2.31. The Balaban J connectivity index is 2.63. The third kappa shape index (κ3) is 5.02. The average molecular weight is 310 g/mol. The molecule has 0 aliphatic rings. The van der Waals surface area contributed by atoms with Gasteiger partial charge in [-0.25, -0.2) is 0 Å². The van der Waals surface area contributed by atoms with Crippen LogP contribution in [0.4, 0.5) is 0 Å². The molecule has 0 heterocycles. The Morgan fingerprint density at radius 1 is 1.28 bits per heavy atom. The lowest BCUT2D eigenvalue weighted by Crippen LogP contribution is -2.52. The first-order valence-electron chi connectivity index (χ1n) is 5.37. The van der Waals surface area contributed by atoms with Crippen LogP contribution >= 0.6 is 34.8 Å². The van der Waals surface area contributed by atoms with Crippen LogP contribution in [0.25, 0.3) is 0 Å². The van der Waals surface area contributed by atoms with Gasteiger partial charge >= 0.3 is 0 Å². The molecule has 1 N–H and O–H groups in total. The van der Waals surface area contributed by atoms with Gasteiger partial charge in [0.1, 0.15) is 6.17 Å². The molecule has 0 fully saturated rings. The number of halogens is 3. The summed E-state index contributed by atoms with van der Waals surface area (Å²) >= 11 is 17.4. The highest BCUT2D eigenvalue weighted by molar-refractivity contribution is 6.68. The number of carbonyl (C=O) groups is 1. The summed E-state index contributed by atoms with van der Waals surface area (Å²) in [7, 11) is 3.46. The standard InChI is InChI=1S/C12H15Cl3N2O/c1-17(2)11(12(13,14)15)16-10(18)8-9-6-4-3-5-7-9/h3-7,11H,8H2,1-2H3,(H,16,18)/t11-/m1/s1. The third-order valence-electron chi connectivity index (χ3n) is 2.33. The topological polar surface area (TPSA) is 32.3 Å². The molecule has 0 bridgehead atoms. The number of carbonyl (C=O) groups excluding carboxylic acids is 1. The summed E-state index contributed by atoms with van der Waals surface area (Å²) in [6.07, 6.45) is -0.412. The molecule has 0 aromatic heterocycles. The molecule has 3 nitrogen and oxygen atoms in total. The second kappa shape index (κ2) is 6.62. The molecule has 0 aliphatic heterocycles. The second-order valence-corrected chi connectivity index (χ2v) is 6.51. The van der Waals surface area contributed by atoms with E-state index in [9.17, 15) is 4.79 Å². The quantitative estimate of drug-likeness (QED) is 0.685. The van der Waals surface area contributed by atoms with Gasteiger partial charge in [0.05, 0.1) is 6.42 Å². The van der Waals surface area contributed by atoms with Crippen molar-refractivity contribution < 1.29 is 4.79 Å². The van der Waals surface area contributed by atoms with Gasteiger partial charge in [-0.05, 0) is 19.7 Å². The highest BCUT2D eigenvalue weighted by atomic mass is 35.6.